The highest BCUT2D eigenvalue weighted by atomic mass is 16.5. The molecule has 0 spiro atoms. The number of para-hydroxylation sites is 1. The van der Waals surface area contributed by atoms with Crippen LogP contribution in [0.5, 0.6) is 5.75 Å². The van der Waals surface area contributed by atoms with Gasteiger partial charge in [-0.3, -0.25) is 14.9 Å². The van der Waals surface area contributed by atoms with Crippen LogP contribution in [0.4, 0.5) is 0 Å². The Balaban J connectivity index is 1.25. The Kier molecular flexibility index (Phi) is 6.90. The first-order valence-corrected chi connectivity index (χ1v) is 11.6. The van der Waals surface area contributed by atoms with E-state index >= 15 is 0 Å². The fourth-order valence-electron chi connectivity index (χ4n) is 4.47. The van der Waals surface area contributed by atoms with E-state index in [1.165, 1.54) is 21.9 Å². The van der Waals surface area contributed by atoms with Gasteiger partial charge in [0.15, 0.2) is 0 Å². The van der Waals surface area contributed by atoms with Crippen LogP contribution in [0.25, 0.3) is 10.8 Å². The Labute approximate surface area is 195 Å². The molecule has 1 aliphatic rings. The second-order valence-corrected chi connectivity index (χ2v) is 8.65. The highest BCUT2D eigenvalue weighted by Crippen LogP contribution is 2.24. The van der Waals surface area contributed by atoms with Gasteiger partial charge in [-0.2, -0.15) is 0 Å². The maximum atomic E-state index is 6.13. The van der Waals surface area contributed by atoms with Gasteiger partial charge in [0, 0.05) is 49.2 Å². The van der Waals surface area contributed by atoms with Crippen molar-refractivity contribution in [2.75, 3.05) is 26.3 Å². The Morgan fingerprint density at radius 3 is 2.85 bits per heavy atom. The lowest BCUT2D eigenvalue weighted by atomic mass is 9.97. The molecular weight excluding hydrogens is 410 g/mol. The molecule has 0 amide bonds. The maximum Gasteiger partial charge on any atom is 0.130 e. The van der Waals surface area contributed by atoms with Crippen LogP contribution in [0.1, 0.15) is 16.8 Å². The summed E-state index contributed by atoms with van der Waals surface area (Å²) in [6.07, 6.45) is 6.58. The van der Waals surface area contributed by atoms with E-state index in [1.54, 1.807) is 6.20 Å². The van der Waals surface area contributed by atoms with Gasteiger partial charge in [0.1, 0.15) is 12.4 Å². The van der Waals surface area contributed by atoms with Crippen molar-refractivity contribution in [1.82, 2.24) is 14.9 Å². The standard InChI is InChI=1S/C28H29N3O2/c1-2-7-28(33-21-27-6-3-4-11-30-27)25(5-1)19-31-13-14-32-20-23(18-31)15-22-8-9-24-10-12-29-17-26(24)16-22/h1-12,16-17,23H,13-15,18-21H2. The average Bonchev–Trinajstić information content (AvgIpc) is 3.09. The minimum absolute atomic E-state index is 0.447. The minimum Gasteiger partial charge on any atom is -0.487 e. The summed E-state index contributed by atoms with van der Waals surface area (Å²) in [6, 6.07) is 23.0. The van der Waals surface area contributed by atoms with Gasteiger partial charge in [-0.15, -0.1) is 0 Å². The molecule has 4 aromatic rings. The molecule has 1 unspecified atom stereocenters. The first-order valence-electron chi connectivity index (χ1n) is 11.6. The number of hydrogen-bond acceptors (Lipinski definition) is 5. The summed E-state index contributed by atoms with van der Waals surface area (Å²) in [6.45, 7) is 4.79. The number of ether oxygens (including phenoxy) is 2. The van der Waals surface area contributed by atoms with Crippen LogP contribution in [0, 0.1) is 5.92 Å². The summed E-state index contributed by atoms with van der Waals surface area (Å²) in [4.78, 5) is 11.1. The van der Waals surface area contributed by atoms with Crippen molar-refractivity contribution in [2.45, 2.75) is 19.6 Å². The molecule has 168 valence electrons. The van der Waals surface area contributed by atoms with Crippen molar-refractivity contribution in [3.8, 4) is 5.75 Å². The number of hydrogen-bond donors (Lipinski definition) is 0. The van der Waals surface area contributed by atoms with Gasteiger partial charge in [-0.1, -0.05) is 36.4 Å². The molecule has 1 aliphatic heterocycles. The van der Waals surface area contributed by atoms with Crippen molar-refractivity contribution in [3.05, 3.63) is 102 Å². The predicted octanol–water partition coefficient (Wildman–Crippen LogP) is 4.90. The predicted molar refractivity (Wildman–Crippen MR) is 130 cm³/mol. The molecule has 5 rings (SSSR count). The highest BCUT2D eigenvalue weighted by Gasteiger charge is 2.20. The second kappa shape index (κ2) is 10.6. The van der Waals surface area contributed by atoms with Crippen molar-refractivity contribution < 1.29 is 9.47 Å². The fourth-order valence-corrected chi connectivity index (χ4v) is 4.47. The molecule has 0 bridgehead atoms. The van der Waals surface area contributed by atoms with E-state index in [9.17, 15) is 0 Å². The van der Waals surface area contributed by atoms with Crippen LogP contribution in [0.2, 0.25) is 0 Å². The van der Waals surface area contributed by atoms with Crippen LogP contribution in [0.3, 0.4) is 0 Å². The summed E-state index contributed by atoms with van der Waals surface area (Å²) < 4.78 is 12.1. The molecule has 1 fully saturated rings. The first-order chi connectivity index (χ1) is 16.3. The third kappa shape index (κ3) is 5.75. The van der Waals surface area contributed by atoms with E-state index in [-0.39, 0.29) is 0 Å². The van der Waals surface area contributed by atoms with Crippen molar-refractivity contribution in [2.24, 2.45) is 5.92 Å². The van der Waals surface area contributed by atoms with Gasteiger partial charge in [0.05, 0.1) is 18.9 Å². The van der Waals surface area contributed by atoms with Gasteiger partial charge in [0.2, 0.25) is 0 Å². The van der Waals surface area contributed by atoms with Crippen LogP contribution in [-0.4, -0.2) is 41.2 Å². The minimum atomic E-state index is 0.447. The van der Waals surface area contributed by atoms with E-state index < -0.39 is 0 Å². The third-order valence-corrected chi connectivity index (χ3v) is 6.12. The van der Waals surface area contributed by atoms with Crippen molar-refractivity contribution >= 4 is 10.8 Å². The van der Waals surface area contributed by atoms with Gasteiger partial charge in [0.25, 0.3) is 0 Å². The van der Waals surface area contributed by atoms with Gasteiger partial charge < -0.3 is 9.47 Å². The molecule has 0 N–H and O–H groups in total. The molecule has 0 aliphatic carbocycles. The summed E-state index contributed by atoms with van der Waals surface area (Å²) in [5.41, 5.74) is 3.47. The quantitative estimate of drug-likeness (QED) is 0.410. The molecule has 1 saturated heterocycles. The Bertz CT molecular complexity index is 1180. The highest BCUT2D eigenvalue weighted by molar-refractivity contribution is 5.82. The van der Waals surface area contributed by atoms with Crippen LogP contribution in [-0.2, 0) is 24.3 Å². The number of pyridine rings is 2. The SMILES string of the molecule is c1ccc(COc2ccccc2CN2CCOCC(Cc3ccc4ccncc4c3)C2)nc1. The zero-order chi connectivity index (χ0) is 22.3. The first kappa shape index (κ1) is 21.6. The lowest BCUT2D eigenvalue weighted by Crippen LogP contribution is -2.30. The smallest absolute Gasteiger partial charge is 0.130 e. The van der Waals surface area contributed by atoms with Crippen molar-refractivity contribution in [1.29, 1.82) is 0 Å². The Morgan fingerprint density at radius 1 is 0.970 bits per heavy atom. The number of fused-ring (bicyclic) bond motifs is 1. The maximum absolute atomic E-state index is 6.13. The number of nitrogens with zero attached hydrogens (tertiary/aromatic N) is 3. The van der Waals surface area contributed by atoms with E-state index in [1.807, 2.05) is 42.7 Å². The zero-order valence-corrected chi connectivity index (χ0v) is 18.8. The van der Waals surface area contributed by atoms with Gasteiger partial charge in [-0.05, 0) is 53.6 Å². The molecule has 1 atom stereocenters. The molecule has 33 heavy (non-hydrogen) atoms. The van der Waals surface area contributed by atoms with E-state index in [0.717, 1.165) is 50.7 Å². The summed E-state index contributed by atoms with van der Waals surface area (Å²) in [5, 5.41) is 2.43. The molecule has 0 radical (unpaired) electrons. The fraction of sp³-hybridized carbons (Fsp3) is 0.286. The van der Waals surface area contributed by atoms with E-state index in [2.05, 4.69) is 51.3 Å². The summed E-state index contributed by atoms with van der Waals surface area (Å²) in [5.74, 6) is 1.37. The number of aromatic nitrogens is 2. The van der Waals surface area contributed by atoms with E-state index in [4.69, 9.17) is 9.47 Å². The number of rotatable bonds is 7. The van der Waals surface area contributed by atoms with Gasteiger partial charge in [-0.25, -0.2) is 0 Å². The van der Waals surface area contributed by atoms with Gasteiger partial charge >= 0.3 is 0 Å². The average molecular weight is 440 g/mol. The largest absolute Gasteiger partial charge is 0.487 e. The lowest BCUT2D eigenvalue weighted by molar-refractivity contribution is 0.121. The molecule has 5 nitrogen and oxygen atoms in total. The molecule has 3 heterocycles. The molecule has 0 saturated carbocycles. The topological polar surface area (TPSA) is 47.5 Å². The van der Waals surface area contributed by atoms with Crippen molar-refractivity contribution in [3.63, 3.8) is 0 Å². The molecule has 2 aromatic carbocycles. The second-order valence-electron chi connectivity index (χ2n) is 8.65. The van der Waals surface area contributed by atoms with Crippen LogP contribution < -0.4 is 4.74 Å². The Morgan fingerprint density at radius 2 is 1.91 bits per heavy atom. The lowest BCUT2D eigenvalue weighted by Gasteiger charge is -2.24. The Hall–Kier alpha value is -3.28. The summed E-state index contributed by atoms with van der Waals surface area (Å²) in [7, 11) is 0. The molecule has 5 heteroatoms. The zero-order valence-electron chi connectivity index (χ0n) is 18.8. The summed E-state index contributed by atoms with van der Waals surface area (Å²) >= 11 is 0. The number of benzene rings is 2. The normalized spacial score (nSPS) is 17.0. The monoisotopic (exact) mass is 439 g/mol. The third-order valence-electron chi connectivity index (χ3n) is 6.12. The van der Waals surface area contributed by atoms with Crippen LogP contribution in [0.15, 0.2) is 85.3 Å². The molecule has 2 aromatic heterocycles. The van der Waals surface area contributed by atoms with Crippen LogP contribution >= 0.6 is 0 Å². The van der Waals surface area contributed by atoms with E-state index in [0.29, 0.717) is 12.5 Å². The molecular formula is C28H29N3O2.